The molecule has 1 rings (SSSR count). The highest BCUT2D eigenvalue weighted by atomic mass is 32.2. The lowest BCUT2D eigenvalue weighted by atomic mass is 10.1. The number of ether oxygens (including phenoxy) is 1. The predicted molar refractivity (Wildman–Crippen MR) is 94.3 cm³/mol. The van der Waals surface area contributed by atoms with Crippen molar-refractivity contribution in [1.29, 1.82) is 0 Å². The molecule has 1 amide bonds. The standard InChI is InChI=1S/C16H27N3O4S/c1-13-7-5-8-14(2)16(13)23-12-6-9-15(20)17-10-11-18-24(21,22)19(3)4/h5,7-8,18H,6,9-12H2,1-4H3,(H,17,20). The van der Waals surface area contributed by atoms with E-state index >= 15 is 0 Å². The minimum absolute atomic E-state index is 0.121. The maximum absolute atomic E-state index is 11.7. The summed E-state index contributed by atoms with van der Waals surface area (Å²) in [5, 5.41) is 2.68. The van der Waals surface area contributed by atoms with Gasteiger partial charge < -0.3 is 10.1 Å². The van der Waals surface area contributed by atoms with E-state index in [4.69, 9.17) is 4.74 Å². The lowest BCUT2D eigenvalue weighted by Crippen LogP contribution is -2.40. The number of nitrogens with one attached hydrogen (secondary N) is 2. The van der Waals surface area contributed by atoms with Gasteiger partial charge in [-0.2, -0.15) is 12.7 Å². The van der Waals surface area contributed by atoms with Crippen LogP contribution in [-0.4, -0.2) is 52.4 Å². The number of rotatable bonds is 10. The molecule has 1 aromatic rings. The van der Waals surface area contributed by atoms with Gasteiger partial charge in [-0.25, -0.2) is 4.72 Å². The van der Waals surface area contributed by atoms with E-state index in [9.17, 15) is 13.2 Å². The molecule has 0 saturated carbocycles. The van der Waals surface area contributed by atoms with E-state index in [-0.39, 0.29) is 19.0 Å². The van der Waals surface area contributed by atoms with Crippen molar-refractivity contribution in [2.75, 3.05) is 33.8 Å². The van der Waals surface area contributed by atoms with Crippen LogP contribution in [0.3, 0.4) is 0 Å². The fraction of sp³-hybridized carbons (Fsp3) is 0.562. The summed E-state index contributed by atoms with van der Waals surface area (Å²) in [4.78, 5) is 11.7. The second-order valence-electron chi connectivity index (χ2n) is 5.70. The highest BCUT2D eigenvalue weighted by Crippen LogP contribution is 2.22. The summed E-state index contributed by atoms with van der Waals surface area (Å²) in [6.07, 6.45) is 0.939. The molecule has 0 saturated heterocycles. The molecular weight excluding hydrogens is 330 g/mol. The van der Waals surface area contributed by atoms with Crippen LogP contribution in [-0.2, 0) is 15.0 Å². The van der Waals surface area contributed by atoms with Gasteiger partial charge in [0.1, 0.15) is 5.75 Å². The molecule has 0 heterocycles. The largest absolute Gasteiger partial charge is 0.493 e. The molecule has 24 heavy (non-hydrogen) atoms. The molecule has 8 heteroatoms. The number of carbonyl (C=O) groups is 1. The van der Waals surface area contributed by atoms with Crippen molar-refractivity contribution in [3.8, 4) is 5.75 Å². The predicted octanol–water partition coefficient (Wildman–Crippen LogP) is 0.975. The first-order valence-electron chi connectivity index (χ1n) is 7.87. The second-order valence-corrected chi connectivity index (χ2v) is 7.67. The number of carbonyl (C=O) groups excluding carboxylic acids is 1. The van der Waals surface area contributed by atoms with Gasteiger partial charge in [0, 0.05) is 33.6 Å². The van der Waals surface area contributed by atoms with Crippen LogP contribution in [0.15, 0.2) is 18.2 Å². The normalized spacial score (nSPS) is 11.5. The molecule has 0 aliphatic heterocycles. The third kappa shape index (κ3) is 6.86. The Morgan fingerprint density at radius 3 is 2.38 bits per heavy atom. The average molecular weight is 357 g/mol. The molecule has 2 N–H and O–H groups in total. The molecule has 0 aromatic heterocycles. The molecule has 136 valence electrons. The highest BCUT2D eigenvalue weighted by molar-refractivity contribution is 7.87. The van der Waals surface area contributed by atoms with Crippen molar-refractivity contribution in [3.63, 3.8) is 0 Å². The van der Waals surface area contributed by atoms with Crippen molar-refractivity contribution in [2.45, 2.75) is 26.7 Å². The first kappa shape index (κ1) is 20.4. The number of amides is 1. The van der Waals surface area contributed by atoms with Crippen LogP contribution in [0.2, 0.25) is 0 Å². The van der Waals surface area contributed by atoms with Crippen molar-refractivity contribution in [3.05, 3.63) is 29.3 Å². The Morgan fingerprint density at radius 1 is 1.17 bits per heavy atom. The number of benzene rings is 1. The van der Waals surface area contributed by atoms with Crippen molar-refractivity contribution < 1.29 is 17.9 Å². The van der Waals surface area contributed by atoms with E-state index in [1.165, 1.54) is 14.1 Å². The van der Waals surface area contributed by atoms with Gasteiger partial charge in [0.15, 0.2) is 0 Å². The van der Waals surface area contributed by atoms with Crippen LogP contribution in [0.25, 0.3) is 0 Å². The maximum atomic E-state index is 11.7. The van der Waals surface area contributed by atoms with Gasteiger partial charge in [-0.3, -0.25) is 4.79 Å². The zero-order valence-corrected chi connectivity index (χ0v) is 15.6. The number of aryl methyl sites for hydroxylation is 2. The fourth-order valence-corrected chi connectivity index (χ4v) is 2.65. The lowest BCUT2D eigenvalue weighted by molar-refractivity contribution is -0.121. The zero-order valence-electron chi connectivity index (χ0n) is 14.8. The zero-order chi connectivity index (χ0) is 18.2. The molecule has 0 fully saturated rings. The Balaban J connectivity index is 2.19. The quantitative estimate of drug-likeness (QED) is 0.611. The van der Waals surface area contributed by atoms with Gasteiger partial charge >= 0.3 is 0 Å². The third-order valence-corrected chi connectivity index (χ3v) is 4.95. The Hall–Kier alpha value is -1.64. The number of hydrogen-bond donors (Lipinski definition) is 2. The molecule has 1 aromatic carbocycles. The highest BCUT2D eigenvalue weighted by Gasteiger charge is 2.11. The fourth-order valence-electron chi connectivity index (χ4n) is 2.03. The van der Waals surface area contributed by atoms with Crippen LogP contribution < -0.4 is 14.8 Å². The number of nitrogens with zero attached hydrogens (tertiary/aromatic N) is 1. The first-order chi connectivity index (χ1) is 11.2. The summed E-state index contributed by atoms with van der Waals surface area (Å²) in [6, 6.07) is 5.96. The topological polar surface area (TPSA) is 87.7 Å². The third-order valence-electron chi connectivity index (χ3n) is 3.42. The molecule has 0 unspecified atom stereocenters. The molecule has 0 aliphatic carbocycles. The Morgan fingerprint density at radius 2 is 1.79 bits per heavy atom. The average Bonchev–Trinajstić information content (AvgIpc) is 2.50. The molecule has 0 radical (unpaired) electrons. The molecule has 0 aliphatic rings. The van der Waals surface area contributed by atoms with Gasteiger partial charge in [0.05, 0.1) is 6.61 Å². The Labute approximate surface area is 144 Å². The summed E-state index contributed by atoms with van der Waals surface area (Å²) < 4.78 is 32.1. The number of para-hydroxylation sites is 1. The maximum Gasteiger partial charge on any atom is 0.278 e. The van der Waals surface area contributed by atoms with E-state index in [2.05, 4.69) is 10.0 Å². The van der Waals surface area contributed by atoms with E-state index in [1.54, 1.807) is 0 Å². The van der Waals surface area contributed by atoms with Crippen LogP contribution >= 0.6 is 0 Å². The van der Waals surface area contributed by atoms with Gasteiger partial charge in [-0.05, 0) is 31.4 Å². The summed E-state index contributed by atoms with van der Waals surface area (Å²) >= 11 is 0. The lowest BCUT2D eigenvalue weighted by Gasteiger charge is -2.13. The molecule has 0 atom stereocenters. The van der Waals surface area contributed by atoms with Crippen LogP contribution in [0.5, 0.6) is 5.75 Å². The van der Waals surface area contributed by atoms with Gasteiger partial charge in [-0.15, -0.1) is 0 Å². The van der Waals surface area contributed by atoms with E-state index in [0.717, 1.165) is 21.2 Å². The van der Waals surface area contributed by atoms with Crippen molar-refractivity contribution >= 4 is 16.1 Å². The SMILES string of the molecule is Cc1cccc(C)c1OCCCC(=O)NCCNS(=O)(=O)N(C)C. The van der Waals surface area contributed by atoms with Gasteiger partial charge in [0.25, 0.3) is 10.2 Å². The van der Waals surface area contributed by atoms with Crippen molar-refractivity contribution in [2.24, 2.45) is 0 Å². The van der Waals surface area contributed by atoms with Crippen LogP contribution in [0, 0.1) is 13.8 Å². The minimum atomic E-state index is -3.44. The van der Waals surface area contributed by atoms with Gasteiger partial charge in [0.2, 0.25) is 5.91 Å². The smallest absolute Gasteiger partial charge is 0.278 e. The van der Waals surface area contributed by atoms with E-state index < -0.39 is 10.2 Å². The molecular formula is C16H27N3O4S. The first-order valence-corrected chi connectivity index (χ1v) is 9.31. The summed E-state index contributed by atoms with van der Waals surface area (Å²) in [5.41, 5.74) is 2.15. The van der Waals surface area contributed by atoms with Crippen LogP contribution in [0.4, 0.5) is 0 Å². The summed E-state index contributed by atoms with van der Waals surface area (Å²) in [5.74, 6) is 0.750. The monoisotopic (exact) mass is 357 g/mol. The summed E-state index contributed by atoms with van der Waals surface area (Å²) in [7, 11) is -0.561. The van der Waals surface area contributed by atoms with E-state index in [0.29, 0.717) is 19.4 Å². The van der Waals surface area contributed by atoms with Crippen molar-refractivity contribution in [1.82, 2.24) is 14.3 Å². The minimum Gasteiger partial charge on any atom is -0.493 e. The second kappa shape index (κ2) is 9.61. The molecule has 0 spiro atoms. The van der Waals surface area contributed by atoms with Crippen LogP contribution in [0.1, 0.15) is 24.0 Å². The Bertz CT molecular complexity index is 624. The summed E-state index contributed by atoms with van der Waals surface area (Å²) in [6.45, 7) is 4.86. The van der Waals surface area contributed by atoms with Gasteiger partial charge in [-0.1, -0.05) is 18.2 Å². The van der Waals surface area contributed by atoms with E-state index in [1.807, 2.05) is 32.0 Å². The molecule has 0 bridgehead atoms. The Kier molecular flexibility index (Phi) is 8.17. The molecule has 7 nitrogen and oxygen atoms in total. The number of hydrogen-bond acceptors (Lipinski definition) is 4.